The second kappa shape index (κ2) is 46.3. The molecule has 0 spiro atoms. The number of halogens is 1. The minimum Gasteiger partial charge on any atom is -0.481 e. The van der Waals surface area contributed by atoms with Crippen LogP contribution < -0.4 is 42.5 Å². The minimum absolute atomic E-state index is 0.0275. The molecule has 6 amide bonds. The first kappa shape index (κ1) is 86.1. The van der Waals surface area contributed by atoms with Crippen LogP contribution in [0, 0.1) is 15.4 Å². The number of rotatable bonds is 45. The van der Waals surface area contributed by atoms with Crippen LogP contribution in [0.5, 0.6) is 0 Å². The lowest BCUT2D eigenvalue weighted by Crippen LogP contribution is -2.55. The van der Waals surface area contributed by atoms with Crippen LogP contribution in [-0.2, 0) is 75.2 Å². The monoisotopic (exact) mass is 1570 g/mol. The van der Waals surface area contributed by atoms with Crippen molar-refractivity contribution in [3.63, 3.8) is 0 Å². The number of carboxylic acid groups (broad SMARTS) is 7. The van der Waals surface area contributed by atoms with E-state index in [0.29, 0.717) is 44.9 Å². The number of carbonyl (C=O) groups excluding carboxylic acids is 6. The number of hydrogen-bond donors (Lipinski definition) is 16. The van der Waals surface area contributed by atoms with E-state index in [1.807, 2.05) is 66.7 Å². The van der Waals surface area contributed by atoms with Gasteiger partial charge in [0.25, 0.3) is 0 Å². The number of carboxylic acids is 7. The first-order chi connectivity index (χ1) is 49.6. The Labute approximate surface area is 616 Å². The summed E-state index contributed by atoms with van der Waals surface area (Å²) in [6.45, 7) is 0.821. The summed E-state index contributed by atoms with van der Waals surface area (Å²) < 4.78 is 1.04. The normalized spacial score (nSPS) is 17.6. The van der Waals surface area contributed by atoms with E-state index in [9.17, 15) is 98.1 Å². The molecule has 3 aromatic rings. The number of amides is 6. The highest BCUT2D eigenvalue weighted by Crippen LogP contribution is 2.29. The van der Waals surface area contributed by atoms with Crippen molar-refractivity contribution in [2.75, 3.05) is 98.2 Å². The molecule has 574 valence electrons. The van der Waals surface area contributed by atoms with Crippen LogP contribution in [0.1, 0.15) is 114 Å². The van der Waals surface area contributed by atoms with Gasteiger partial charge in [0.05, 0.1) is 26.2 Å². The molecule has 1 heterocycles. The number of unbranched alkanes of at least 4 members (excludes halogenated alkanes) is 2. The van der Waals surface area contributed by atoms with Crippen LogP contribution in [-0.4, -0.2) is 272 Å². The molecule has 104 heavy (non-hydrogen) atoms. The fraction of sp³-hybridized carbons (Fsp3) is 0.586. The van der Waals surface area contributed by atoms with Crippen LogP contribution in [0.25, 0.3) is 10.8 Å². The molecule has 3 aromatic carbocycles. The number of nitrogens with zero attached hydrogens (tertiary/aromatic N) is 4. The molecule has 2 aliphatic rings. The van der Waals surface area contributed by atoms with Gasteiger partial charge in [-0.3, -0.25) is 92.6 Å². The fourth-order valence-electron chi connectivity index (χ4n) is 12.4. The molecule has 33 nitrogen and oxygen atoms in total. The Bertz CT molecular complexity index is 3310. The number of aliphatic carboxylic acids is 7. The number of nitrogens with one attached hydrogen (secondary N) is 8. The van der Waals surface area contributed by atoms with Crippen molar-refractivity contribution in [3.8, 4) is 0 Å². The van der Waals surface area contributed by atoms with Gasteiger partial charge in [-0.1, -0.05) is 54.6 Å². The van der Waals surface area contributed by atoms with Crippen LogP contribution in [0.4, 0.5) is 0 Å². The number of aryl methyl sites for hydroxylation is 1. The molecule has 1 aliphatic carbocycles. The third-order valence-corrected chi connectivity index (χ3v) is 18.9. The molecule has 16 N–H and O–H groups in total. The topological polar surface area (TPSA) is 493 Å². The summed E-state index contributed by atoms with van der Waals surface area (Å²) in [5.41, 5.74) is 1.76. The number of aliphatic hydroxyl groups is 1. The van der Waals surface area contributed by atoms with E-state index in [1.165, 1.54) is 0 Å². The Hall–Kier alpha value is -8.52. The van der Waals surface area contributed by atoms with Crippen molar-refractivity contribution < 1.29 is 103 Å². The molecule has 0 bridgehead atoms. The van der Waals surface area contributed by atoms with E-state index in [-0.39, 0.29) is 168 Å². The van der Waals surface area contributed by atoms with E-state index in [2.05, 4.69) is 65.1 Å². The summed E-state index contributed by atoms with van der Waals surface area (Å²) in [5.74, 6) is -12.3. The zero-order chi connectivity index (χ0) is 76.1. The van der Waals surface area contributed by atoms with Crippen molar-refractivity contribution in [1.29, 1.82) is 0 Å². The second-order valence-corrected chi connectivity index (χ2v) is 27.6. The molecule has 1 saturated carbocycles. The minimum atomic E-state index is -1.81. The first-order valence-electron chi connectivity index (χ1n) is 35.2. The zero-order valence-electron chi connectivity index (χ0n) is 58.4. The van der Waals surface area contributed by atoms with Gasteiger partial charge in [0.15, 0.2) is 6.35 Å². The second-order valence-electron chi connectivity index (χ2n) is 26.4. The van der Waals surface area contributed by atoms with Crippen molar-refractivity contribution in [3.05, 3.63) is 81.4 Å². The Morgan fingerprint density at radius 3 is 1.43 bits per heavy atom. The molecule has 2 fully saturated rings. The molecule has 6 atom stereocenters. The van der Waals surface area contributed by atoms with Crippen LogP contribution >= 0.6 is 22.6 Å². The number of carbonyl (C=O) groups is 13. The van der Waals surface area contributed by atoms with Gasteiger partial charge in [0.1, 0.15) is 30.2 Å². The molecule has 1 aliphatic heterocycles. The molecule has 0 radical (unpaired) electrons. The van der Waals surface area contributed by atoms with Crippen LogP contribution in [0.15, 0.2) is 66.7 Å². The summed E-state index contributed by atoms with van der Waals surface area (Å²) in [7, 11) is 0. The molecular formula is C70H101IN12O21. The average Bonchev–Trinajstić information content (AvgIpc) is 0.825. The number of hydrogen-bond acceptors (Lipinski definition) is 20. The molecule has 0 aromatic heterocycles. The van der Waals surface area contributed by atoms with Crippen molar-refractivity contribution >= 4 is 111 Å². The van der Waals surface area contributed by atoms with E-state index < -0.39 is 127 Å². The molecule has 1 saturated heterocycles. The summed E-state index contributed by atoms with van der Waals surface area (Å²) in [6, 6.07) is 14.7. The Balaban J connectivity index is 1.21. The van der Waals surface area contributed by atoms with Crippen LogP contribution in [0.3, 0.4) is 0 Å². The number of aliphatic hydroxyl groups excluding tert-OH is 1. The molecule has 5 rings (SSSR count). The summed E-state index contributed by atoms with van der Waals surface area (Å²) in [5, 5.41) is 101. The van der Waals surface area contributed by atoms with E-state index >= 15 is 0 Å². The highest BCUT2D eigenvalue weighted by atomic mass is 127. The van der Waals surface area contributed by atoms with Gasteiger partial charge in [0, 0.05) is 107 Å². The third kappa shape index (κ3) is 34.4. The lowest BCUT2D eigenvalue weighted by Gasteiger charge is -2.32. The average molecular weight is 1570 g/mol. The number of fused-ring (bicyclic) bond motifs is 1. The quantitative estimate of drug-likeness (QED) is 0.0208. The largest absolute Gasteiger partial charge is 0.481 e. The number of benzene rings is 3. The van der Waals surface area contributed by atoms with E-state index in [1.54, 1.807) is 19.6 Å². The highest BCUT2D eigenvalue weighted by molar-refractivity contribution is 14.1. The summed E-state index contributed by atoms with van der Waals surface area (Å²) in [6.07, 6.45) is 0.502. The summed E-state index contributed by atoms with van der Waals surface area (Å²) in [4.78, 5) is 172. The van der Waals surface area contributed by atoms with Gasteiger partial charge in [-0.15, -0.1) is 0 Å². The highest BCUT2D eigenvalue weighted by Gasteiger charge is 2.33. The van der Waals surface area contributed by atoms with Gasteiger partial charge in [-0.2, -0.15) is 0 Å². The third-order valence-electron chi connectivity index (χ3n) is 18.2. The first-order valence-corrected chi connectivity index (χ1v) is 36.3. The van der Waals surface area contributed by atoms with Crippen molar-refractivity contribution in [2.24, 2.45) is 11.8 Å². The Morgan fingerprint density at radius 2 is 0.904 bits per heavy atom. The van der Waals surface area contributed by atoms with Crippen molar-refractivity contribution in [2.45, 2.75) is 152 Å². The maximum atomic E-state index is 14.3. The summed E-state index contributed by atoms with van der Waals surface area (Å²) >= 11 is 2.19. The maximum Gasteiger partial charge on any atom is 0.320 e. The fourth-order valence-corrected chi connectivity index (χ4v) is 12.7. The van der Waals surface area contributed by atoms with Gasteiger partial charge in [-0.25, -0.2) is 0 Å². The van der Waals surface area contributed by atoms with Crippen molar-refractivity contribution in [1.82, 2.24) is 62.1 Å². The SMILES string of the molecule is O=C(O)CC[C@H](NC(O)N[C@@H](CCCCNC(=O)[C@H](Cc1ccc2ccccc2c1)NC(=O)[C@H]1CC[C@H](CNC(=O)[C@H](CCCCNC(=O)CN2CCN(CC(=O)O)CCN(CC(=O)O)CCN(CC(=O)O)CC2)NC(=O)[C@H](CCC(=O)O)NC(=O)CCCc2ccc(I)cc2)CC1)C(=O)O)C(=O)O. The lowest BCUT2D eigenvalue weighted by molar-refractivity contribution is -0.143. The predicted molar refractivity (Wildman–Crippen MR) is 385 cm³/mol. The van der Waals surface area contributed by atoms with Gasteiger partial charge < -0.3 is 72.8 Å². The van der Waals surface area contributed by atoms with E-state index in [4.69, 9.17) is 5.11 Å². The maximum absolute atomic E-state index is 14.3. The molecule has 1 unspecified atom stereocenters. The standard InChI is InChI=1S/C70H101IN12O21/c71-51-22-17-45(18-23-51)8-7-13-57(84)75-53(24-26-59(86)87)67(99)76-52(11-3-5-28-72-58(85)41-80-30-32-81(42-61(90)91)34-36-83(44-63(94)95)37-35-82(33-31-80)43-62(92)93)65(97)74-40-46-14-20-49(21-15-46)64(96)77-56(39-47-16-19-48-9-1-2-10-50(48)38-47)66(98)73-29-6-4-12-54(68(100)101)78-70(104)79-55(69(102)103)25-27-60(88)89/h1-2,9-10,16-19,22-23,38,46,49,52-56,70,78-79,104H,3-8,11-15,20-21,24-37,39-44H2,(H,72,85)(H,73,98)(H,74,97)(H,75,84)(H,76,99)(H,77,96)(H,86,87)(H,88,89)(H,90,91)(H,92,93)(H,94,95)(H,100,101)(H,102,103)/t46-,49-,52-,53-,54-,55-,56-,70?/m0/s1. The lowest BCUT2D eigenvalue weighted by atomic mass is 9.81. The van der Waals surface area contributed by atoms with Gasteiger partial charge >= 0.3 is 41.8 Å². The molecule has 34 heteroatoms. The molecular weight excluding hydrogens is 1470 g/mol. The Morgan fingerprint density at radius 1 is 0.433 bits per heavy atom. The Kier molecular flexibility index (Phi) is 38.4. The van der Waals surface area contributed by atoms with E-state index in [0.717, 1.165) is 25.5 Å². The van der Waals surface area contributed by atoms with Gasteiger partial charge in [0.2, 0.25) is 35.4 Å². The predicted octanol–water partition coefficient (Wildman–Crippen LogP) is 0.526. The zero-order valence-corrected chi connectivity index (χ0v) is 60.5. The van der Waals surface area contributed by atoms with Gasteiger partial charge in [-0.05, 0) is 152 Å². The smallest absolute Gasteiger partial charge is 0.320 e. The van der Waals surface area contributed by atoms with Crippen LogP contribution in [0.2, 0.25) is 0 Å².